The number of hydrogen-bond donors (Lipinski definition) is 0. The molecule has 1 aromatic heterocycles. The predicted octanol–water partition coefficient (Wildman–Crippen LogP) is 7.92. The highest BCUT2D eigenvalue weighted by Crippen LogP contribution is 2.35. The van der Waals surface area contributed by atoms with E-state index < -0.39 is 15.9 Å². The first-order valence-corrected chi connectivity index (χ1v) is 19.9. The molecule has 0 saturated heterocycles. The molecule has 18 heteroatoms. The van der Waals surface area contributed by atoms with E-state index in [0.29, 0.717) is 13.0 Å². The van der Waals surface area contributed by atoms with Gasteiger partial charge in [0.15, 0.2) is 13.0 Å². The summed E-state index contributed by atoms with van der Waals surface area (Å²) in [7, 11) is 10.6. The lowest BCUT2D eigenvalue weighted by Crippen LogP contribution is -2.44. The third-order valence-electron chi connectivity index (χ3n) is 7.90. The number of rotatable bonds is 12. The molecule has 0 saturated carbocycles. The van der Waals surface area contributed by atoms with Gasteiger partial charge in [0.2, 0.25) is 0 Å². The molecule has 0 radical (unpaired) electrons. The molecule has 1 heterocycles. The van der Waals surface area contributed by atoms with E-state index in [1.807, 2.05) is 91.0 Å². The molecule has 54 heavy (non-hydrogen) atoms. The molecule has 0 amide bonds. The molecule has 0 N–H and O–H groups in total. The predicted molar refractivity (Wildman–Crippen MR) is 234 cm³/mol. The summed E-state index contributed by atoms with van der Waals surface area (Å²) in [5, 5.41) is 28.3. The van der Waals surface area contributed by atoms with Gasteiger partial charge in [-0.1, -0.05) is 151 Å². The van der Waals surface area contributed by atoms with Crippen LogP contribution in [0.25, 0.3) is 4.85 Å². The molecular weight excluding hydrogens is 793 g/mol. The second kappa shape index (κ2) is 20.1. The second-order valence-electron chi connectivity index (χ2n) is 11.3. The maximum atomic E-state index is 9.95. The van der Waals surface area contributed by atoms with Crippen molar-refractivity contribution < 1.29 is 0 Å². The second-order valence-corrected chi connectivity index (χ2v) is 16.5. The van der Waals surface area contributed by atoms with Crippen LogP contribution in [0.4, 0.5) is 17.8 Å². The van der Waals surface area contributed by atoms with Gasteiger partial charge < -0.3 is 0 Å². The van der Waals surface area contributed by atoms with Crippen molar-refractivity contribution in [1.82, 2.24) is 30.0 Å². The van der Waals surface area contributed by atoms with Crippen molar-refractivity contribution in [3.63, 3.8) is 0 Å². The van der Waals surface area contributed by atoms with Gasteiger partial charge >= 0.3 is 5.37 Å². The average Bonchev–Trinajstić information content (AvgIpc) is 3.22. The Kier molecular flexibility index (Phi) is 15.6. The van der Waals surface area contributed by atoms with E-state index in [1.54, 1.807) is 72.3 Å². The summed E-state index contributed by atoms with van der Waals surface area (Å²) in [6.07, 6.45) is 0. The van der Waals surface area contributed by atoms with Crippen molar-refractivity contribution in [3.05, 3.63) is 119 Å². The number of hydrogen-bond acceptors (Lipinski definition) is 14. The zero-order chi connectivity index (χ0) is 39.4. The minimum atomic E-state index is -0.545. The van der Waals surface area contributed by atoms with Gasteiger partial charge in [-0.25, -0.2) is 6.57 Å². The monoisotopic (exact) mass is 828 g/mol. The van der Waals surface area contributed by atoms with Gasteiger partial charge in [-0.3, -0.25) is 34.9 Å². The highest BCUT2D eigenvalue weighted by molar-refractivity contribution is 8.23. The highest BCUT2D eigenvalue weighted by atomic mass is 32.2. The zero-order valence-electron chi connectivity index (χ0n) is 30.2. The number of aromatic nitrogens is 3. The Labute approximate surface area is 345 Å². The molecule has 0 aliphatic rings. The first-order chi connectivity index (χ1) is 25.9. The molecule has 4 rings (SSSR count). The van der Waals surface area contributed by atoms with Crippen LogP contribution in [0.1, 0.15) is 32.6 Å². The van der Waals surface area contributed by atoms with E-state index >= 15 is 0 Å². The topological polar surface area (TPSA) is 110 Å². The van der Waals surface area contributed by atoms with Gasteiger partial charge in [-0.15, -0.1) is 0 Å². The van der Waals surface area contributed by atoms with Crippen LogP contribution < -0.4 is 15.0 Å². The van der Waals surface area contributed by atoms with Crippen LogP contribution >= 0.6 is 71.9 Å². The molecule has 0 fully saturated rings. The molecule has 0 aliphatic heterocycles. The number of nitriles is 2. The van der Waals surface area contributed by atoms with Crippen molar-refractivity contribution in [2.45, 2.75) is 15.9 Å². The number of thiocarbonyl (C=S) groups is 3. The Morgan fingerprint density at radius 3 is 1.15 bits per heavy atom. The quantitative estimate of drug-likeness (QED) is 0.0783. The van der Waals surface area contributed by atoms with Crippen molar-refractivity contribution in [3.8, 4) is 12.1 Å². The fraction of sp³-hybridized carbons (Fsp3) is 0.250. The van der Waals surface area contributed by atoms with Crippen LogP contribution in [0.5, 0.6) is 0 Å². The summed E-state index contributed by atoms with van der Waals surface area (Å²) in [6, 6.07) is 33.0. The van der Waals surface area contributed by atoms with Gasteiger partial charge in [-0.05, 0) is 22.9 Å². The smallest absolute Gasteiger partial charge is 0.296 e. The fourth-order valence-corrected chi connectivity index (χ4v) is 8.13. The van der Waals surface area contributed by atoms with Crippen molar-refractivity contribution in [1.29, 1.82) is 10.5 Å². The van der Waals surface area contributed by atoms with E-state index in [2.05, 4.69) is 17.0 Å². The van der Waals surface area contributed by atoms with E-state index in [4.69, 9.17) is 58.2 Å². The average molecular weight is 829 g/mol. The molecule has 3 atom stereocenters. The van der Waals surface area contributed by atoms with Gasteiger partial charge in [0.1, 0.15) is 10.5 Å². The number of thioether (sulfide) groups is 3. The largest absolute Gasteiger partial charge is 0.300 e. The lowest BCUT2D eigenvalue weighted by atomic mass is 10.2. The minimum absolute atomic E-state index is 0.230. The molecule has 4 aromatic rings. The van der Waals surface area contributed by atoms with Crippen LogP contribution in [-0.4, -0.2) is 85.2 Å². The Morgan fingerprint density at radius 1 is 0.556 bits per heavy atom. The summed E-state index contributed by atoms with van der Waals surface area (Å²) < 4.78 is 1.25. The van der Waals surface area contributed by atoms with Crippen molar-refractivity contribution in [2.75, 3.05) is 57.3 Å². The van der Waals surface area contributed by atoms with E-state index in [1.165, 1.54) is 35.3 Å². The Morgan fingerprint density at radius 2 is 0.852 bits per heavy atom. The summed E-state index contributed by atoms with van der Waals surface area (Å²) >= 11 is 21.1. The van der Waals surface area contributed by atoms with Crippen molar-refractivity contribution >= 4 is 103 Å². The summed E-state index contributed by atoms with van der Waals surface area (Å²) in [6.45, 7) is 7.81. The number of benzene rings is 3. The fourth-order valence-electron chi connectivity index (χ4n) is 4.45. The normalized spacial score (nSPS) is 12.1. The zero-order valence-corrected chi connectivity index (χ0v) is 35.1. The van der Waals surface area contributed by atoms with Crippen LogP contribution in [-0.2, 0) is 0 Å². The third-order valence-corrected chi connectivity index (χ3v) is 12.8. The van der Waals surface area contributed by atoms with Crippen LogP contribution in [0, 0.1) is 29.2 Å². The number of hydrazine groups is 3. The van der Waals surface area contributed by atoms with Gasteiger partial charge in [0, 0.05) is 47.8 Å². The standard InChI is InChI=1S/C36H36N12S6/c1-39-30(27-21-15-10-16-22-27)54-36(51)48(7)45(4)33-41-31(43(2)46(5)34(49)52-28(23-37)25-17-11-8-12-18-25)40-32(42-33)44(3)47(6)35(50)53-29(24-38)26-19-13-9-14-20-26/h8-22,28-30H,2-7H3. The first-order valence-electron chi connectivity index (χ1n) is 16.0. The molecule has 276 valence electrons. The SMILES string of the molecule is [C-]#[N+]C(SC(=S)N(C)N(C)c1nc(N(C)N(C)C(=S)SC(C#N)c2ccccc2)nc(N(C)N(C)C(=S)SC(C#N)c2ccccc2)n1)c1ccccc1. The Bertz CT molecular complexity index is 1790. The molecule has 0 aliphatic carbocycles. The molecule has 3 unspecified atom stereocenters. The summed E-state index contributed by atoms with van der Waals surface area (Å²) in [4.78, 5) is 18.2. The molecule has 0 bridgehead atoms. The molecular formula is C36H36N12S6. The van der Waals surface area contributed by atoms with Crippen LogP contribution in [0.2, 0.25) is 0 Å². The van der Waals surface area contributed by atoms with E-state index in [9.17, 15) is 10.5 Å². The summed E-state index contributed by atoms with van der Waals surface area (Å²) in [5.74, 6) is 0.693. The van der Waals surface area contributed by atoms with E-state index in [-0.39, 0.29) is 17.8 Å². The number of nitrogens with zero attached hydrogens (tertiary/aromatic N) is 12. The Hall–Kier alpha value is -4.74. The Balaban J connectivity index is 1.64. The first kappa shape index (κ1) is 42.0. The molecule has 3 aromatic carbocycles. The van der Waals surface area contributed by atoms with Crippen molar-refractivity contribution in [2.24, 2.45) is 0 Å². The summed E-state index contributed by atoms with van der Waals surface area (Å²) in [5.41, 5.74) is 2.52. The van der Waals surface area contributed by atoms with Crippen LogP contribution in [0.3, 0.4) is 0 Å². The lowest BCUT2D eigenvalue weighted by Gasteiger charge is -2.35. The highest BCUT2D eigenvalue weighted by Gasteiger charge is 2.28. The van der Waals surface area contributed by atoms with Crippen LogP contribution in [0.15, 0.2) is 91.0 Å². The maximum Gasteiger partial charge on any atom is 0.300 e. The van der Waals surface area contributed by atoms with Gasteiger partial charge in [-0.2, -0.15) is 25.5 Å². The minimum Gasteiger partial charge on any atom is -0.296 e. The number of anilines is 3. The van der Waals surface area contributed by atoms with E-state index in [0.717, 1.165) is 16.7 Å². The molecule has 12 nitrogen and oxygen atoms in total. The van der Waals surface area contributed by atoms with Gasteiger partial charge in [0.05, 0.1) is 12.1 Å². The maximum absolute atomic E-state index is 9.95. The molecule has 0 spiro atoms. The third kappa shape index (κ3) is 10.7. The van der Waals surface area contributed by atoms with Gasteiger partial charge in [0.25, 0.3) is 17.8 Å². The lowest BCUT2D eigenvalue weighted by molar-refractivity contribution is 0.470.